The first-order valence-electron chi connectivity index (χ1n) is 5.17. The molecule has 1 aliphatic carbocycles. The van der Waals surface area contributed by atoms with E-state index >= 15 is 0 Å². The molecule has 1 amide bonds. The zero-order valence-electron chi connectivity index (χ0n) is 9.09. The van der Waals surface area contributed by atoms with Crippen molar-refractivity contribution in [2.75, 3.05) is 12.4 Å². The number of alkyl halides is 1. The van der Waals surface area contributed by atoms with Gasteiger partial charge in [-0.3, -0.25) is 4.79 Å². The Bertz CT molecular complexity index is 429. The molecule has 1 aromatic rings. The number of nitrogens with one attached hydrogen (secondary N) is 1. The van der Waals surface area contributed by atoms with Gasteiger partial charge < -0.3 is 11.1 Å². The largest absolute Gasteiger partial charge is 0.384 e. The van der Waals surface area contributed by atoms with Crippen LogP contribution in [0.1, 0.15) is 28.8 Å². The van der Waals surface area contributed by atoms with Gasteiger partial charge in [-0.25, -0.2) is 9.37 Å². The van der Waals surface area contributed by atoms with E-state index in [-0.39, 0.29) is 5.91 Å². The van der Waals surface area contributed by atoms with E-state index in [4.69, 9.17) is 5.73 Å². The van der Waals surface area contributed by atoms with Gasteiger partial charge in [0.15, 0.2) is 0 Å². The summed E-state index contributed by atoms with van der Waals surface area (Å²) in [5, 5.41) is 2.70. The standard InChI is InChI=1S/C11H14FN3O/c1-7-5-14-9(13)4-8(7)10(16)15-11(6-12)2-3-11/h4-5H,2-3,6H2,1H3,(H2,13,14)(H,15,16). The molecule has 1 saturated carbocycles. The van der Waals surface area contributed by atoms with Gasteiger partial charge in [0.05, 0.1) is 5.54 Å². The van der Waals surface area contributed by atoms with Crippen LogP contribution in [0.3, 0.4) is 0 Å². The normalized spacial score (nSPS) is 16.9. The highest BCUT2D eigenvalue weighted by molar-refractivity contribution is 5.96. The molecule has 0 unspecified atom stereocenters. The predicted octanol–water partition coefficient (Wildman–Crippen LogP) is 1.20. The van der Waals surface area contributed by atoms with Crippen LogP contribution in [-0.2, 0) is 0 Å². The molecule has 4 nitrogen and oxygen atoms in total. The highest BCUT2D eigenvalue weighted by Crippen LogP contribution is 2.36. The lowest BCUT2D eigenvalue weighted by molar-refractivity contribution is 0.0922. The molecule has 0 aliphatic heterocycles. The second kappa shape index (κ2) is 3.73. The van der Waals surface area contributed by atoms with Crippen LogP contribution in [0.2, 0.25) is 0 Å². The van der Waals surface area contributed by atoms with Crippen LogP contribution in [0, 0.1) is 6.92 Å². The van der Waals surface area contributed by atoms with Crippen molar-refractivity contribution in [3.63, 3.8) is 0 Å². The van der Waals surface area contributed by atoms with Crippen molar-refractivity contribution >= 4 is 11.7 Å². The summed E-state index contributed by atoms with van der Waals surface area (Å²) in [7, 11) is 0. The van der Waals surface area contributed by atoms with Crippen molar-refractivity contribution in [2.45, 2.75) is 25.3 Å². The third-order valence-corrected chi connectivity index (χ3v) is 2.86. The number of amides is 1. The van der Waals surface area contributed by atoms with Crippen molar-refractivity contribution in [3.05, 3.63) is 23.4 Å². The minimum absolute atomic E-state index is 0.276. The Morgan fingerprint density at radius 2 is 2.38 bits per heavy atom. The lowest BCUT2D eigenvalue weighted by atomic mass is 10.1. The van der Waals surface area contributed by atoms with Crippen LogP contribution < -0.4 is 11.1 Å². The number of aromatic nitrogens is 1. The number of halogens is 1. The molecule has 1 heterocycles. The number of carbonyl (C=O) groups excluding carboxylic acids is 1. The number of pyridine rings is 1. The third-order valence-electron chi connectivity index (χ3n) is 2.86. The number of nitrogen functional groups attached to an aromatic ring is 1. The molecule has 0 spiro atoms. The number of hydrogen-bond acceptors (Lipinski definition) is 3. The SMILES string of the molecule is Cc1cnc(N)cc1C(=O)NC1(CF)CC1. The maximum Gasteiger partial charge on any atom is 0.252 e. The summed E-state index contributed by atoms with van der Waals surface area (Å²) in [6.07, 6.45) is 2.95. The first-order chi connectivity index (χ1) is 7.56. The summed E-state index contributed by atoms with van der Waals surface area (Å²) in [4.78, 5) is 15.7. The van der Waals surface area contributed by atoms with Gasteiger partial charge in [-0.05, 0) is 31.4 Å². The lowest BCUT2D eigenvalue weighted by Crippen LogP contribution is -2.38. The van der Waals surface area contributed by atoms with E-state index in [0.29, 0.717) is 24.2 Å². The summed E-state index contributed by atoms with van der Waals surface area (Å²) in [5.41, 5.74) is 6.09. The van der Waals surface area contributed by atoms with Crippen LogP contribution in [-0.4, -0.2) is 23.1 Å². The zero-order valence-corrected chi connectivity index (χ0v) is 9.09. The molecule has 0 saturated heterocycles. The van der Waals surface area contributed by atoms with Gasteiger partial charge in [-0.2, -0.15) is 0 Å². The quantitative estimate of drug-likeness (QED) is 0.809. The number of hydrogen-bond donors (Lipinski definition) is 2. The Kier molecular flexibility index (Phi) is 2.53. The molecule has 1 aliphatic rings. The highest BCUT2D eigenvalue weighted by atomic mass is 19.1. The molecule has 0 aromatic carbocycles. The average molecular weight is 223 g/mol. The van der Waals surface area contributed by atoms with Crippen molar-refractivity contribution in [1.29, 1.82) is 0 Å². The second-order valence-corrected chi connectivity index (χ2v) is 4.29. The number of nitrogens with two attached hydrogens (primary N) is 1. The van der Waals surface area contributed by atoms with Gasteiger partial charge in [0, 0.05) is 11.8 Å². The molecule has 3 N–H and O–H groups in total. The van der Waals surface area contributed by atoms with Gasteiger partial charge >= 0.3 is 0 Å². The summed E-state index contributed by atoms with van der Waals surface area (Å²) in [6, 6.07) is 1.51. The summed E-state index contributed by atoms with van der Waals surface area (Å²) < 4.78 is 12.6. The Morgan fingerprint density at radius 3 is 2.94 bits per heavy atom. The number of aryl methyl sites for hydroxylation is 1. The number of carbonyl (C=O) groups is 1. The van der Waals surface area contributed by atoms with Gasteiger partial charge in [0.1, 0.15) is 12.5 Å². The summed E-state index contributed by atoms with van der Waals surface area (Å²) >= 11 is 0. The van der Waals surface area contributed by atoms with Gasteiger partial charge in [-0.15, -0.1) is 0 Å². The number of nitrogens with zero attached hydrogens (tertiary/aromatic N) is 1. The van der Waals surface area contributed by atoms with E-state index in [1.807, 2.05) is 0 Å². The lowest BCUT2D eigenvalue weighted by Gasteiger charge is -2.14. The minimum Gasteiger partial charge on any atom is -0.384 e. The first kappa shape index (κ1) is 10.9. The monoisotopic (exact) mass is 223 g/mol. The molecule has 16 heavy (non-hydrogen) atoms. The molecule has 2 rings (SSSR count). The van der Waals surface area contributed by atoms with Crippen molar-refractivity contribution in [2.24, 2.45) is 0 Å². The molecule has 0 radical (unpaired) electrons. The Balaban J connectivity index is 2.17. The van der Waals surface area contributed by atoms with E-state index in [9.17, 15) is 9.18 Å². The smallest absolute Gasteiger partial charge is 0.252 e. The molecule has 1 aromatic heterocycles. The van der Waals surface area contributed by atoms with Crippen molar-refractivity contribution in [3.8, 4) is 0 Å². The molecular formula is C11H14FN3O. The van der Waals surface area contributed by atoms with E-state index in [1.165, 1.54) is 6.07 Å². The van der Waals surface area contributed by atoms with E-state index in [0.717, 1.165) is 5.56 Å². The van der Waals surface area contributed by atoms with Crippen LogP contribution >= 0.6 is 0 Å². The fourth-order valence-electron chi connectivity index (χ4n) is 1.54. The Labute approximate surface area is 93.1 Å². The van der Waals surface area contributed by atoms with E-state index in [2.05, 4.69) is 10.3 Å². The van der Waals surface area contributed by atoms with Crippen molar-refractivity contribution < 1.29 is 9.18 Å². The first-order valence-corrected chi connectivity index (χ1v) is 5.17. The van der Waals surface area contributed by atoms with Gasteiger partial charge in [-0.1, -0.05) is 0 Å². The van der Waals surface area contributed by atoms with Crippen molar-refractivity contribution in [1.82, 2.24) is 10.3 Å². The third kappa shape index (κ3) is 1.98. The summed E-state index contributed by atoms with van der Waals surface area (Å²) in [5.74, 6) is 0.0163. The topological polar surface area (TPSA) is 68.0 Å². The number of anilines is 1. The molecule has 0 bridgehead atoms. The minimum atomic E-state index is -0.623. The molecule has 0 atom stereocenters. The van der Waals surface area contributed by atoms with Crippen LogP contribution in [0.15, 0.2) is 12.3 Å². The van der Waals surface area contributed by atoms with Gasteiger partial charge in [0.2, 0.25) is 0 Å². The van der Waals surface area contributed by atoms with E-state index in [1.54, 1.807) is 13.1 Å². The van der Waals surface area contributed by atoms with Crippen LogP contribution in [0.4, 0.5) is 10.2 Å². The maximum absolute atomic E-state index is 12.6. The summed E-state index contributed by atoms with van der Waals surface area (Å²) in [6.45, 7) is 1.26. The predicted molar refractivity (Wildman–Crippen MR) is 58.8 cm³/mol. The van der Waals surface area contributed by atoms with E-state index < -0.39 is 12.2 Å². The molecule has 5 heteroatoms. The number of rotatable bonds is 3. The van der Waals surface area contributed by atoms with Crippen LogP contribution in [0.5, 0.6) is 0 Å². The fourth-order valence-corrected chi connectivity index (χ4v) is 1.54. The maximum atomic E-state index is 12.6. The molecule has 86 valence electrons. The Morgan fingerprint density at radius 1 is 1.69 bits per heavy atom. The van der Waals surface area contributed by atoms with Gasteiger partial charge in [0.25, 0.3) is 5.91 Å². The average Bonchev–Trinajstić information content (AvgIpc) is 3.02. The Hall–Kier alpha value is -1.65. The molecular weight excluding hydrogens is 209 g/mol. The highest BCUT2D eigenvalue weighted by Gasteiger charge is 2.44. The zero-order chi connectivity index (χ0) is 11.8. The fraction of sp³-hybridized carbons (Fsp3) is 0.455. The van der Waals surface area contributed by atoms with Crippen LogP contribution in [0.25, 0.3) is 0 Å². The second-order valence-electron chi connectivity index (χ2n) is 4.29. The molecule has 1 fully saturated rings.